The van der Waals surface area contributed by atoms with Crippen molar-refractivity contribution in [1.29, 1.82) is 0 Å². The van der Waals surface area contributed by atoms with Crippen molar-refractivity contribution in [3.05, 3.63) is 0 Å². The summed E-state index contributed by atoms with van der Waals surface area (Å²) in [6.07, 6.45) is 0. The molecule has 0 atom stereocenters. The van der Waals surface area contributed by atoms with E-state index in [-0.39, 0.29) is 0 Å². The van der Waals surface area contributed by atoms with Gasteiger partial charge in [0.1, 0.15) is 0 Å². The van der Waals surface area contributed by atoms with Gasteiger partial charge in [0, 0.05) is 0 Å². The van der Waals surface area contributed by atoms with E-state index in [4.69, 9.17) is 23.2 Å². The van der Waals surface area contributed by atoms with Crippen LogP contribution in [0.25, 0.3) is 0 Å². The minimum atomic E-state index is -2.36. The standard InChI is InChI=1S/2C2Cl.2CH3.Sn/c2*1-2-3;;;/h;;2*1H3;. The van der Waals surface area contributed by atoms with Crippen molar-refractivity contribution in [2.75, 3.05) is 0 Å². The van der Waals surface area contributed by atoms with Crippen LogP contribution < -0.4 is 0 Å². The maximum absolute atomic E-state index is 5.20. The Morgan fingerprint density at radius 1 is 1.00 bits per heavy atom. The van der Waals surface area contributed by atoms with E-state index in [1.54, 1.807) is 0 Å². The van der Waals surface area contributed by atoms with Crippen molar-refractivity contribution in [1.82, 2.24) is 0 Å². The summed E-state index contributed by atoms with van der Waals surface area (Å²) >= 11 is 8.05. The van der Waals surface area contributed by atoms with Crippen LogP contribution in [0.4, 0.5) is 0 Å². The zero-order chi connectivity index (χ0) is 7.33. The fourth-order valence-corrected chi connectivity index (χ4v) is 4.96. The van der Waals surface area contributed by atoms with Gasteiger partial charge in [0.15, 0.2) is 0 Å². The molecule has 0 aliphatic rings. The number of halogens is 2. The topological polar surface area (TPSA) is 0 Å². The molecule has 0 heterocycles. The Balaban J connectivity index is 4.26. The average molecular weight is 268 g/mol. The first kappa shape index (κ1) is 9.50. The predicted molar refractivity (Wildman–Crippen MR) is 44.7 cm³/mol. The zero-order valence-electron chi connectivity index (χ0n) is 5.26. The molecule has 0 nitrogen and oxygen atoms in total. The fraction of sp³-hybridized carbons (Fsp3) is 0.333. The summed E-state index contributed by atoms with van der Waals surface area (Å²) in [5, 5.41) is 4.69. The Labute approximate surface area is 69.8 Å². The molecular formula is C6H6Cl2Sn. The second-order valence-electron chi connectivity index (χ2n) is 2.06. The third-order valence-electron chi connectivity index (χ3n) is 0.719. The minimum absolute atomic E-state index is 2.06. The van der Waals surface area contributed by atoms with Crippen LogP contribution in [0.2, 0.25) is 9.88 Å². The summed E-state index contributed by atoms with van der Waals surface area (Å²) in [4.78, 5) is 4.11. The Morgan fingerprint density at radius 2 is 1.33 bits per heavy atom. The van der Waals surface area contributed by atoms with Gasteiger partial charge in [-0.05, 0) is 0 Å². The summed E-state index contributed by atoms with van der Waals surface area (Å²) in [5.41, 5.74) is 0. The summed E-state index contributed by atoms with van der Waals surface area (Å²) < 4.78 is 5.78. The average Bonchev–Trinajstić information content (AvgIpc) is 1.64. The molecule has 0 aromatic heterocycles. The van der Waals surface area contributed by atoms with Crippen LogP contribution in [0.5, 0.6) is 0 Å². The third-order valence-corrected chi connectivity index (χ3v) is 6.09. The van der Waals surface area contributed by atoms with Gasteiger partial charge in [-0.3, -0.25) is 0 Å². The predicted octanol–water partition coefficient (Wildman–Crippen LogP) is 2.17. The van der Waals surface area contributed by atoms with E-state index in [1.807, 2.05) is 0 Å². The molecule has 0 spiro atoms. The molecule has 0 aliphatic carbocycles. The first-order valence-corrected chi connectivity index (χ1v) is 11.7. The van der Waals surface area contributed by atoms with Crippen molar-refractivity contribution >= 4 is 41.6 Å². The molecule has 0 radical (unpaired) electrons. The van der Waals surface area contributed by atoms with Gasteiger partial charge in [0.25, 0.3) is 0 Å². The van der Waals surface area contributed by atoms with Crippen LogP contribution >= 0.6 is 23.2 Å². The van der Waals surface area contributed by atoms with E-state index in [1.165, 1.54) is 0 Å². The molecule has 0 bridgehead atoms. The maximum atomic E-state index is 5.20. The molecular weight excluding hydrogens is 262 g/mol. The van der Waals surface area contributed by atoms with E-state index in [9.17, 15) is 0 Å². The molecule has 0 rings (SSSR count). The SMILES string of the molecule is [CH3][Sn]([CH3])([C]#CCl)[C]#CCl. The molecule has 0 aromatic rings. The van der Waals surface area contributed by atoms with Gasteiger partial charge in [-0.25, -0.2) is 0 Å². The zero-order valence-corrected chi connectivity index (χ0v) is 9.62. The van der Waals surface area contributed by atoms with Crippen LogP contribution in [0.15, 0.2) is 0 Å². The second kappa shape index (κ2) is 4.34. The fourth-order valence-electron chi connectivity index (χ4n) is 0.267. The molecule has 0 N–H and O–H groups in total. The number of hydrogen-bond donors (Lipinski definition) is 0. The molecule has 0 unspecified atom stereocenters. The van der Waals surface area contributed by atoms with E-state index >= 15 is 0 Å². The van der Waals surface area contributed by atoms with Crippen LogP contribution in [0.1, 0.15) is 0 Å². The van der Waals surface area contributed by atoms with Crippen LogP contribution in [0, 0.1) is 18.6 Å². The number of rotatable bonds is 0. The second-order valence-corrected chi connectivity index (χ2v) is 13.1. The summed E-state index contributed by atoms with van der Waals surface area (Å²) in [6, 6.07) is 0. The van der Waals surface area contributed by atoms with Gasteiger partial charge in [-0.1, -0.05) is 0 Å². The molecule has 0 aliphatic heterocycles. The van der Waals surface area contributed by atoms with Crippen molar-refractivity contribution in [3.8, 4) is 18.6 Å². The summed E-state index contributed by atoms with van der Waals surface area (Å²) in [5.74, 6) is 0. The van der Waals surface area contributed by atoms with Gasteiger partial charge in [0.2, 0.25) is 0 Å². The summed E-state index contributed by atoms with van der Waals surface area (Å²) in [6.45, 7) is 0. The van der Waals surface area contributed by atoms with E-state index < -0.39 is 18.4 Å². The molecule has 0 saturated carbocycles. The van der Waals surface area contributed by atoms with E-state index in [2.05, 4.69) is 28.5 Å². The Morgan fingerprint density at radius 3 is 1.56 bits per heavy atom. The first-order valence-electron chi connectivity index (χ1n) is 2.38. The Bertz CT molecular complexity index is 177. The van der Waals surface area contributed by atoms with E-state index in [0.717, 1.165) is 0 Å². The van der Waals surface area contributed by atoms with Gasteiger partial charge in [-0.2, -0.15) is 0 Å². The normalized spacial score (nSPS) is 8.44. The van der Waals surface area contributed by atoms with Crippen molar-refractivity contribution in [3.63, 3.8) is 0 Å². The van der Waals surface area contributed by atoms with Crippen molar-refractivity contribution in [2.45, 2.75) is 9.88 Å². The van der Waals surface area contributed by atoms with Crippen LogP contribution in [0.3, 0.4) is 0 Å². The third kappa shape index (κ3) is 4.97. The molecule has 0 aromatic carbocycles. The van der Waals surface area contributed by atoms with Gasteiger partial charge in [0.05, 0.1) is 0 Å². The van der Waals surface area contributed by atoms with Gasteiger partial charge in [-0.15, -0.1) is 0 Å². The molecule has 0 fully saturated rings. The van der Waals surface area contributed by atoms with Crippen molar-refractivity contribution in [2.24, 2.45) is 0 Å². The monoisotopic (exact) mass is 268 g/mol. The molecule has 0 amide bonds. The van der Waals surface area contributed by atoms with E-state index in [0.29, 0.717) is 0 Å². The Hall–Kier alpha value is 0.499. The number of hydrogen-bond acceptors (Lipinski definition) is 0. The molecule has 3 heteroatoms. The molecule has 9 heavy (non-hydrogen) atoms. The quantitative estimate of drug-likeness (QED) is 0.466. The molecule has 0 saturated heterocycles. The Kier molecular flexibility index (Phi) is 4.58. The van der Waals surface area contributed by atoms with Crippen LogP contribution in [-0.4, -0.2) is 18.4 Å². The van der Waals surface area contributed by atoms with Gasteiger partial charge >= 0.3 is 70.1 Å². The summed E-state index contributed by atoms with van der Waals surface area (Å²) in [7, 11) is 0. The van der Waals surface area contributed by atoms with Crippen molar-refractivity contribution < 1.29 is 0 Å². The first-order chi connectivity index (χ1) is 4.12. The molecule has 48 valence electrons. The van der Waals surface area contributed by atoms with Gasteiger partial charge < -0.3 is 0 Å². The van der Waals surface area contributed by atoms with Crippen LogP contribution in [-0.2, 0) is 0 Å².